The molecule has 0 saturated carbocycles. The fourth-order valence-corrected chi connectivity index (χ4v) is 2.34. The predicted octanol–water partition coefficient (Wildman–Crippen LogP) is 4.16. The zero-order valence-corrected chi connectivity index (χ0v) is 12.2. The van der Waals surface area contributed by atoms with E-state index in [-0.39, 0.29) is 0 Å². The summed E-state index contributed by atoms with van der Waals surface area (Å²) in [5.74, 6) is 1.69. The third kappa shape index (κ3) is 2.16. The maximum Gasteiger partial charge on any atom is 0.258 e. The molecule has 2 aromatic carbocycles. The van der Waals surface area contributed by atoms with Crippen LogP contribution in [-0.4, -0.2) is 15.1 Å². The first-order valence-corrected chi connectivity index (χ1v) is 6.97. The van der Waals surface area contributed by atoms with E-state index >= 15 is 0 Å². The molecule has 4 rings (SSSR count). The van der Waals surface area contributed by atoms with E-state index in [1.807, 2.05) is 56.3 Å². The average Bonchev–Trinajstić information content (AvgIpc) is 3.12. The van der Waals surface area contributed by atoms with Crippen molar-refractivity contribution in [1.29, 1.82) is 0 Å². The zero-order chi connectivity index (χ0) is 15.1. The van der Waals surface area contributed by atoms with Crippen molar-refractivity contribution in [2.75, 3.05) is 0 Å². The molecular formula is C17H13N3O2. The minimum absolute atomic E-state index is 0.506. The monoisotopic (exact) mass is 291 g/mol. The summed E-state index contributed by atoms with van der Waals surface area (Å²) in [4.78, 5) is 8.78. The van der Waals surface area contributed by atoms with E-state index in [9.17, 15) is 0 Å². The second-order valence-corrected chi connectivity index (χ2v) is 5.20. The Bertz CT molecular complexity index is 952. The van der Waals surface area contributed by atoms with Gasteiger partial charge in [0.05, 0.1) is 0 Å². The molecule has 22 heavy (non-hydrogen) atoms. The van der Waals surface area contributed by atoms with Crippen LogP contribution < -0.4 is 0 Å². The molecule has 0 atom stereocenters. The van der Waals surface area contributed by atoms with Crippen LogP contribution in [0.5, 0.6) is 0 Å². The normalized spacial score (nSPS) is 11.2. The van der Waals surface area contributed by atoms with Gasteiger partial charge in [0, 0.05) is 18.1 Å². The van der Waals surface area contributed by atoms with Gasteiger partial charge in [-0.1, -0.05) is 22.9 Å². The molecule has 5 heteroatoms. The lowest BCUT2D eigenvalue weighted by atomic mass is 10.1. The molecule has 108 valence electrons. The maximum atomic E-state index is 5.47. The van der Waals surface area contributed by atoms with Crippen molar-refractivity contribution < 1.29 is 8.94 Å². The number of nitrogens with zero attached hydrogens (tertiary/aromatic N) is 3. The van der Waals surface area contributed by atoms with Crippen LogP contribution in [0, 0.1) is 13.8 Å². The van der Waals surface area contributed by atoms with Crippen molar-refractivity contribution >= 4 is 11.1 Å². The Morgan fingerprint density at radius 3 is 2.45 bits per heavy atom. The molecule has 0 aliphatic heterocycles. The van der Waals surface area contributed by atoms with E-state index in [0.29, 0.717) is 17.6 Å². The molecule has 2 aromatic heterocycles. The fourth-order valence-electron chi connectivity index (χ4n) is 2.34. The smallest absolute Gasteiger partial charge is 0.258 e. The summed E-state index contributed by atoms with van der Waals surface area (Å²) in [6.07, 6.45) is 0. The van der Waals surface area contributed by atoms with Gasteiger partial charge in [-0.2, -0.15) is 4.98 Å². The maximum absolute atomic E-state index is 5.47. The summed E-state index contributed by atoms with van der Waals surface area (Å²) in [7, 11) is 0. The lowest BCUT2D eigenvalue weighted by molar-refractivity contribution is 0.432. The first-order valence-electron chi connectivity index (χ1n) is 6.97. The van der Waals surface area contributed by atoms with Gasteiger partial charge in [-0.05, 0) is 37.3 Å². The molecule has 0 radical (unpaired) electrons. The molecule has 0 aliphatic carbocycles. The van der Waals surface area contributed by atoms with Crippen LogP contribution in [0.15, 0.2) is 51.4 Å². The minimum Gasteiger partial charge on any atom is -0.441 e. The molecule has 4 aromatic rings. The van der Waals surface area contributed by atoms with Crippen molar-refractivity contribution in [3.63, 3.8) is 0 Å². The topological polar surface area (TPSA) is 65.0 Å². The molecule has 0 bridgehead atoms. The van der Waals surface area contributed by atoms with Gasteiger partial charge in [-0.15, -0.1) is 0 Å². The van der Waals surface area contributed by atoms with Gasteiger partial charge in [0.1, 0.15) is 5.52 Å². The number of hydrogen-bond donors (Lipinski definition) is 0. The summed E-state index contributed by atoms with van der Waals surface area (Å²) in [6.45, 7) is 3.86. The van der Waals surface area contributed by atoms with Gasteiger partial charge in [0.2, 0.25) is 5.82 Å². The Morgan fingerprint density at radius 2 is 1.64 bits per heavy atom. The van der Waals surface area contributed by atoms with Crippen molar-refractivity contribution in [3.8, 4) is 22.8 Å². The number of aromatic nitrogens is 3. The standard InChI is InChI=1S/C17H13N3O2/c1-10-3-5-12(6-4-10)17-19-16(20-22-17)13-7-8-15-14(9-13)18-11(2)21-15/h3-9H,1-2H3. The van der Waals surface area contributed by atoms with E-state index in [1.165, 1.54) is 5.56 Å². The largest absolute Gasteiger partial charge is 0.441 e. The van der Waals surface area contributed by atoms with Crippen LogP contribution >= 0.6 is 0 Å². The summed E-state index contributed by atoms with van der Waals surface area (Å²) < 4.78 is 10.8. The zero-order valence-electron chi connectivity index (χ0n) is 12.2. The Morgan fingerprint density at radius 1 is 0.864 bits per heavy atom. The summed E-state index contributed by atoms with van der Waals surface area (Å²) in [5.41, 5.74) is 4.49. The SMILES string of the molecule is Cc1ccc(-c2nc(-c3ccc4oc(C)nc4c3)no2)cc1. The average molecular weight is 291 g/mol. The highest BCUT2D eigenvalue weighted by molar-refractivity contribution is 5.78. The minimum atomic E-state index is 0.506. The van der Waals surface area contributed by atoms with E-state index in [1.54, 1.807) is 0 Å². The van der Waals surface area contributed by atoms with Gasteiger partial charge in [0.25, 0.3) is 5.89 Å². The summed E-state index contributed by atoms with van der Waals surface area (Å²) >= 11 is 0. The van der Waals surface area contributed by atoms with Crippen LogP contribution in [0.3, 0.4) is 0 Å². The third-order valence-electron chi connectivity index (χ3n) is 3.48. The molecule has 2 heterocycles. The molecule has 0 saturated heterocycles. The van der Waals surface area contributed by atoms with Crippen LogP contribution in [-0.2, 0) is 0 Å². The Kier molecular flexibility index (Phi) is 2.79. The van der Waals surface area contributed by atoms with Crippen molar-refractivity contribution in [2.45, 2.75) is 13.8 Å². The van der Waals surface area contributed by atoms with Gasteiger partial charge in [0.15, 0.2) is 11.5 Å². The highest BCUT2D eigenvalue weighted by Gasteiger charge is 2.12. The first-order chi connectivity index (χ1) is 10.7. The number of hydrogen-bond acceptors (Lipinski definition) is 5. The number of rotatable bonds is 2. The highest BCUT2D eigenvalue weighted by atomic mass is 16.5. The van der Waals surface area contributed by atoms with Crippen LogP contribution in [0.25, 0.3) is 33.9 Å². The van der Waals surface area contributed by atoms with Crippen LogP contribution in [0.4, 0.5) is 0 Å². The molecule has 0 amide bonds. The molecule has 0 spiro atoms. The molecule has 0 fully saturated rings. The van der Waals surface area contributed by atoms with E-state index in [4.69, 9.17) is 8.94 Å². The summed E-state index contributed by atoms with van der Waals surface area (Å²) in [5, 5.41) is 4.05. The Balaban J connectivity index is 1.74. The van der Waals surface area contributed by atoms with Crippen molar-refractivity contribution in [1.82, 2.24) is 15.1 Å². The van der Waals surface area contributed by atoms with Crippen molar-refractivity contribution in [3.05, 3.63) is 53.9 Å². The second kappa shape index (κ2) is 4.80. The highest BCUT2D eigenvalue weighted by Crippen LogP contribution is 2.25. The van der Waals surface area contributed by atoms with Crippen LogP contribution in [0.2, 0.25) is 0 Å². The van der Waals surface area contributed by atoms with Gasteiger partial charge in [-0.25, -0.2) is 4.98 Å². The Labute approximate surface area is 126 Å². The molecule has 0 aliphatic rings. The van der Waals surface area contributed by atoms with E-state index in [2.05, 4.69) is 15.1 Å². The van der Waals surface area contributed by atoms with E-state index in [0.717, 1.165) is 22.2 Å². The second-order valence-electron chi connectivity index (χ2n) is 5.20. The first kappa shape index (κ1) is 12.8. The quantitative estimate of drug-likeness (QED) is 0.554. The van der Waals surface area contributed by atoms with Gasteiger partial charge < -0.3 is 8.94 Å². The lowest BCUT2D eigenvalue weighted by Gasteiger charge is -1.95. The van der Waals surface area contributed by atoms with E-state index < -0.39 is 0 Å². The predicted molar refractivity (Wildman–Crippen MR) is 82.2 cm³/mol. The molecule has 0 N–H and O–H groups in total. The number of oxazole rings is 1. The van der Waals surface area contributed by atoms with Gasteiger partial charge >= 0.3 is 0 Å². The third-order valence-corrected chi connectivity index (χ3v) is 3.48. The lowest BCUT2D eigenvalue weighted by Crippen LogP contribution is -1.82. The number of fused-ring (bicyclic) bond motifs is 1. The molecular weight excluding hydrogens is 278 g/mol. The molecule has 5 nitrogen and oxygen atoms in total. The van der Waals surface area contributed by atoms with Gasteiger partial charge in [-0.3, -0.25) is 0 Å². The van der Waals surface area contributed by atoms with Crippen molar-refractivity contribution in [2.24, 2.45) is 0 Å². The fraction of sp³-hybridized carbons (Fsp3) is 0.118. The van der Waals surface area contributed by atoms with Crippen LogP contribution in [0.1, 0.15) is 11.5 Å². The Hall–Kier alpha value is -2.95. The summed E-state index contributed by atoms with van der Waals surface area (Å²) in [6, 6.07) is 13.6. The number of benzene rings is 2. The molecule has 0 unspecified atom stereocenters. The number of aryl methyl sites for hydroxylation is 2.